The van der Waals surface area contributed by atoms with Crippen LogP contribution in [0.2, 0.25) is 0 Å². The third-order valence-electron chi connectivity index (χ3n) is 5.48. The number of hydrogen-bond donors (Lipinski definition) is 2. The molecule has 0 fully saturated rings. The van der Waals surface area contributed by atoms with Gasteiger partial charge in [0.1, 0.15) is 11.1 Å². The summed E-state index contributed by atoms with van der Waals surface area (Å²) >= 11 is 0. The summed E-state index contributed by atoms with van der Waals surface area (Å²) in [7, 11) is 0. The lowest BCUT2D eigenvalue weighted by Gasteiger charge is -2.15. The zero-order chi connectivity index (χ0) is 22.9. The van der Waals surface area contributed by atoms with E-state index in [1.54, 1.807) is 35.3 Å². The number of carbonyl (C=O) groups is 1. The Labute approximate surface area is 188 Å². The fourth-order valence-electron chi connectivity index (χ4n) is 3.82. The molecule has 1 aromatic carbocycles. The van der Waals surface area contributed by atoms with Crippen molar-refractivity contribution in [3.8, 4) is 5.69 Å². The Kier molecular flexibility index (Phi) is 5.02. The van der Waals surface area contributed by atoms with E-state index >= 15 is 0 Å². The van der Waals surface area contributed by atoms with Gasteiger partial charge in [0.2, 0.25) is 0 Å². The molecule has 5 rings (SSSR count). The van der Waals surface area contributed by atoms with Crippen LogP contribution >= 0.6 is 0 Å². The number of carbonyl (C=O) groups excluding carboxylic acids is 1. The first-order valence-corrected chi connectivity index (χ1v) is 10.4. The lowest BCUT2D eigenvalue weighted by molar-refractivity contribution is 0.0948. The zero-order valence-electron chi connectivity index (χ0n) is 17.8. The molecular formula is C25H20N6O2. The van der Waals surface area contributed by atoms with Crippen molar-refractivity contribution in [2.24, 2.45) is 0 Å². The second kappa shape index (κ2) is 8.16. The molecule has 0 atom stereocenters. The standard InChI is InChI=1S/C25H20N6O2/c1-16-7-6-12-30-22(16)29-23-20(25(30)33)13-19(21(26)31(23)18-9-3-2-4-10-18)24(32)28-15-17-8-5-11-27-14-17/h2-14,26H,15H2,1H3,(H,28,32). The maximum absolute atomic E-state index is 13.4. The van der Waals surface area contributed by atoms with E-state index in [4.69, 9.17) is 10.4 Å². The highest BCUT2D eigenvalue weighted by atomic mass is 16.1. The van der Waals surface area contributed by atoms with E-state index in [1.165, 1.54) is 10.5 Å². The largest absolute Gasteiger partial charge is 0.348 e. The number of nitrogens with zero attached hydrogens (tertiary/aromatic N) is 4. The molecule has 8 heteroatoms. The van der Waals surface area contributed by atoms with Gasteiger partial charge >= 0.3 is 0 Å². The average molecular weight is 436 g/mol. The molecule has 0 bridgehead atoms. The van der Waals surface area contributed by atoms with Gasteiger partial charge in [-0.3, -0.25) is 29.0 Å². The van der Waals surface area contributed by atoms with Crippen LogP contribution in [0, 0.1) is 12.3 Å². The van der Waals surface area contributed by atoms with E-state index in [0.29, 0.717) is 17.0 Å². The van der Waals surface area contributed by atoms with Crippen LogP contribution in [-0.4, -0.2) is 24.8 Å². The Morgan fingerprint density at radius 2 is 1.88 bits per heavy atom. The molecule has 33 heavy (non-hydrogen) atoms. The van der Waals surface area contributed by atoms with Crippen molar-refractivity contribution < 1.29 is 4.79 Å². The van der Waals surface area contributed by atoms with Crippen LogP contribution < -0.4 is 16.4 Å². The summed E-state index contributed by atoms with van der Waals surface area (Å²) in [5, 5.41) is 11.9. The first kappa shape index (κ1) is 20.3. The van der Waals surface area contributed by atoms with Crippen LogP contribution in [0.25, 0.3) is 22.4 Å². The van der Waals surface area contributed by atoms with E-state index in [0.717, 1.165) is 11.1 Å². The van der Waals surface area contributed by atoms with E-state index in [9.17, 15) is 9.59 Å². The third-order valence-corrected chi connectivity index (χ3v) is 5.48. The first-order valence-electron chi connectivity index (χ1n) is 10.4. The molecule has 4 aromatic heterocycles. The minimum Gasteiger partial charge on any atom is -0.348 e. The minimum atomic E-state index is -0.454. The number of amides is 1. The summed E-state index contributed by atoms with van der Waals surface area (Å²) in [6, 6.07) is 17.9. The van der Waals surface area contributed by atoms with Crippen LogP contribution in [0.3, 0.4) is 0 Å². The summed E-state index contributed by atoms with van der Waals surface area (Å²) < 4.78 is 3.01. The molecule has 5 aromatic rings. The van der Waals surface area contributed by atoms with Crippen LogP contribution in [0.15, 0.2) is 84.0 Å². The molecule has 8 nitrogen and oxygen atoms in total. The van der Waals surface area contributed by atoms with E-state index in [1.807, 2.05) is 49.4 Å². The summed E-state index contributed by atoms with van der Waals surface area (Å²) in [6.45, 7) is 2.13. The number of aromatic nitrogens is 4. The number of hydrogen-bond acceptors (Lipinski definition) is 5. The van der Waals surface area contributed by atoms with Crippen molar-refractivity contribution in [1.29, 1.82) is 5.41 Å². The fraction of sp³-hybridized carbons (Fsp3) is 0.0800. The van der Waals surface area contributed by atoms with E-state index in [-0.39, 0.29) is 28.5 Å². The second-order valence-electron chi connectivity index (χ2n) is 7.66. The van der Waals surface area contributed by atoms with Gasteiger partial charge in [0.25, 0.3) is 11.5 Å². The number of rotatable bonds is 4. The van der Waals surface area contributed by atoms with Gasteiger partial charge < -0.3 is 5.32 Å². The highest BCUT2D eigenvalue weighted by molar-refractivity contribution is 5.97. The van der Waals surface area contributed by atoms with Crippen molar-refractivity contribution in [2.45, 2.75) is 13.5 Å². The van der Waals surface area contributed by atoms with Crippen molar-refractivity contribution in [3.05, 3.63) is 112 Å². The molecule has 1 amide bonds. The topological polar surface area (TPSA) is 105 Å². The average Bonchev–Trinajstić information content (AvgIpc) is 2.84. The molecule has 162 valence electrons. The molecule has 0 aliphatic rings. The Hall–Kier alpha value is -4.59. The number of aryl methyl sites for hydroxylation is 1. The number of fused-ring (bicyclic) bond motifs is 2. The van der Waals surface area contributed by atoms with Gasteiger partial charge in [-0.25, -0.2) is 4.98 Å². The molecular weight excluding hydrogens is 416 g/mol. The minimum absolute atomic E-state index is 0.0535. The number of nitrogens with one attached hydrogen (secondary N) is 2. The Balaban J connectivity index is 1.76. The van der Waals surface area contributed by atoms with Gasteiger partial charge in [0.15, 0.2) is 5.65 Å². The maximum Gasteiger partial charge on any atom is 0.267 e. The molecule has 0 unspecified atom stereocenters. The Morgan fingerprint density at radius 3 is 2.64 bits per heavy atom. The SMILES string of the molecule is Cc1cccn2c(=O)c3cc(C(=O)NCc4cccnc4)c(=N)n(-c4ccccc4)c3nc12. The van der Waals surface area contributed by atoms with Crippen LogP contribution in [-0.2, 0) is 6.54 Å². The smallest absolute Gasteiger partial charge is 0.267 e. The number of benzene rings is 1. The molecule has 2 N–H and O–H groups in total. The van der Waals surface area contributed by atoms with Crippen molar-refractivity contribution in [2.75, 3.05) is 0 Å². The van der Waals surface area contributed by atoms with Crippen molar-refractivity contribution >= 4 is 22.6 Å². The van der Waals surface area contributed by atoms with Crippen molar-refractivity contribution in [1.82, 2.24) is 24.3 Å². The molecule has 0 spiro atoms. The molecule has 0 aliphatic carbocycles. The molecule has 0 radical (unpaired) electrons. The zero-order valence-corrected chi connectivity index (χ0v) is 17.8. The van der Waals surface area contributed by atoms with Gasteiger partial charge in [0.05, 0.1) is 10.9 Å². The van der Waals surface area contributed by atoms with E-state index < -0.39 is 5.91 Å². The van der Waals surface area contributed by atoms with Gasteiger partial charge in [-0.15, -0.1) is 0 Å². The predicted octanol–water partition coefficient (Wildman–Crippen LogP) is 2.75. The highest BCUT2D eigenvalue weighted by Gasteiger charge is 2.18. The normalized spacial score (nSPS) is 11.1. The Bertz CT molecular complexity index is 1620. The first-order chi connectivity index (χ1) is 16.0. The van der Waals surface area contributed by atoms with Crippen LogP contribution in [0.5, 0.6) is 0 Å². The number of para-hydroxylation sites is 1. The van der Waals surface area contributed by atoms with Crippen LogP contribution in [0.4, 0.5) is 0 Å². The lowest BCUT2D eigenvalue weighted by Crippen LogP contribution is -2.34. The summed E-state index contributed by atoms with van der Waals surface area (Å²) in [6.07, 6.45) is 4.98. The second-order valence-corrected chi connectivity index (χ2v) is 7.66. The number of pyridine rings is 3. The molecule has 0 aliphatic heterocycles. The summed E-state index contributed by atoms with van der Waals surface area (Å²) in [4.78, 5) is 35.3. The highest BCUT2D eigenvalue weighted by Crippen LogP contribution is 2.16. The van der Waals surface area contributed by atoms with Gasteiger partial charge in [-0.1, -0.05) is 30.3 Å². The molecule has 4 heterocycles. The third kappa shape index (κ3) is 3.57. The molecule has 0 saturated heterocycles. The summed E-state index contributed by atoms with van der Waals surface area (Å²) in [5.41, 5.74) is 2.87. The van der Waals surface area contributed by atoms with Gasteiger partial charge in [0, 0.05) is 30.8 Å². The monoisotopic (exact) mass is 436 g/mol. The summed E-state index contributed by atoms with van der Waals surface area (Å²) in [5.74, 6) is -0.454. The van der Waals surface area contributed by atoms with Gasteiger partial charge in [-0.2, -0.15) is 0 Å². The maximum atomic E-state index is 13.4. The fourth-order valence-corrected chi connectivity index (χ4v) is 3.82. The van der Waals surface area contributed by atoms with Crippen LogP contribution in [0.1, 0.15) is 21.5 Å². The molecule has 0 saturated carbocycles. The van der Waals surface area contributed by atoms with E-state index in [2.05, 4.69) is 10.3 Å². The van der Waals surface area contributed by atoms with Crippen molar-refractivity contribution in [3.63, 3.8) is 0 Å². The quantitative estimate of drug-likeness (QED) is 0.423. The lowest BCUT2D eigenvalue weighted by atomic mass is 10.1. The predicted molar refractivity (Wildman–Crippen MR) is 124 cm³/mol. The van der Waals surface area contributed by atoms with Gasteiger partial charge in [-0.05, 0) is 48.4 Å². The Morgan fingerprint density at radius 1 is 1.06 bits per heavy atom.